The van der Waals surface area contributed by atoms with Crippen molar-refractivity contribution in [2.75, 3.05) is 9.80 Å². The number of nitriles is 2. The van der Waals surface area contributed by atoms with Crippen LogP contribution >= 0.6 is 0 Å². The van der Waals surface area contributed by atoms with Crippen LogP contribution in [0.4, 0.5) is 11.6 Å². The number of nitrogens with zero attached hydrogens (tertiary/aromatic N) is 6. The molecule has 0 fully saturated rings. The number of hydrogen-bond acceptors (Lipinski definition) is 8. The molecule has 0 radical (unpaired) electrons. The van der Waals surface area contributed by atoms with Crippen molar-refractivity contribution in [3.63, 3.8) is 0 Å². The molecular formula is C26H10N6O4. The van der Waals surface area contributed by atoms with Gasteiger partial charge in [-0.05, 0) is 48.5 Å². The van der Waals surface area contributed by atoms with E-state index in [1.165, 1.54) is 60.9 Å². The molecule has 2 aliphatic rings. The molecule has 2 aliphatic heterocycles. The lowest BCUT2D eigenvalue weighted by molar-refractivity contribution is 0.0871. The van der Waals surface area contributed by atoms with E-state index in [4.69, 9.17) is 10.5 Å². The second kappa shape index (κ2) is 7.38. The topological polar surface area (TPSA) is 148 Å². The molecule has 0 bridgehead atoms. The van der Waals surface area contributed by atoms with Crippen LogP contribution in [0.5, 0.6) is 0 Å². The lowest BCUT2D eigenvalue weighted by atomic mass is 9.86. The third-order valence-corrected chi connectivity index (χ3v) is 6.11. The molecule has 0 N–H and O–H groups in total. The number of aromatic nitrogens is 2. The summed E-state index contributed by atoms with van der Waals surface area (Å²) in [4.78, 5) is 63.5. The van der Waals surface area contributed by atoms with E-state index in [-0.39, 0.29) is 55.8 Å². The minimum atomic E-state index is -0.663. The molecule has 0 atom stereocenters. The number of imide groups is 2. The third-order valence-electron chi connectivity index (χ3n) is 6.11. The normalized spacial score (nSPS) is 14.2. The standard InChI is InChI=1S/C26H10N6O4/c27-9-13-1-7-19(29-11-13)31-23(33)15-3-5-17-22-18(6-4-16(21(15)22)24(31)34)26(36)32(25(17)35)20-8-2-14(10-28)12-30-20/h1-8,11-12H. The number of rotatable bonds is 2. The maximum atomic E-state index is 13.4. The predicted octanol–water partition coefficient (Wildman–Crippen LogP) is 2.97. The van der Waals surface area contributed by atoms with Crippen LogP contribution in [0.2, 0.25) is 0 Å². The van der Waals surface area contributed by atoms with Gasteiger partial charge in [0.05, 0.1) is 11.1 Å². The molecule has 2 aromatic heterocycles. The Kier molecular flexibility index (Phi) is 4.27. The Bertz CT molecular complexity index is 1580. The van der Waals surface area contributed by atoms with Crippen LogP contribution in [0.25, 0.3) is 10.8 Å². The van der Waals surface area contributed by atoms with Gasteiger partial charge in [0.1, 0.15) is 23.8 Å². The van der Waals surface area contributed by atoms with Gasteiger partial charge in [-0.25, -0.2) is 19.8 Å². The van der Waals surface area contributed by atoms with Crippen molar-refractivity contribution in [3.8, 4) is 12.1 Å². The van der Waals surface area contributed by atoms with E-state index in [1.807, 2.05) is 12.1 Å². The molecule has 4 heterocycles. The van der Waals surface area contributed by atoms with Gasteiger partial charge in [0, 0.05) is 45.4 Å². The molecule has 0 spiro atoms. The average Bonchev–Trinajstić information content (AvgIpc) is 2.91. The Morgan fingerprint density at radius 1 is 0.528 bits per heavy atom. The van der Waals surface area contributed by atoms with Crippen molar-refractivity contribution >= 4 is 46.0 Å². The summed E-state index contributed by atoms with van der Waals surface area (Å²) >= 11 is 0. The van der Waals surface area contributed by atoms with E-state index in [2.05, 4.69) is 9.97 Å². The summed E-state index contributed by atoms with van der Waals surface area (Å²) in [5.41, 5.74) is 1.11. The molecule has 10 heteroatoms. The molecule has 6 rings (SSSR count). The first kappa shape index (κ1) is 20.8. The minimum Gasteiger partial charge on any atom is -0.268 e. The molecule has 0 aliphatic carbocycles. The summed E-state index contributed by atoms with van der Waals surface area (Å²) in [6.07, 6.45) is 2.52. The monoisotopic (exact) mass is 470 g/mol. The van der Waals surface area contributed by atoms with E-state index in [9.17, 15) is 19.2 Å². The number of benzene rings is 2. The molecular weight excluding hydrogens is 460 g/mol. The highest BCUT2D eigenvalue weighted by Gasteiger charge is 2.41. The highest BCUT2D eigenvalue weighted by molar-refractivity contribution is 6.41. The zero-order chi connectivity index (χ0) is 25.1. The second-order valence-corrected chi connectivity index (χ2v) is 8.00. The van der Waals surface area contributed by atoms with E-state index in [0.29, 0.717) is 0 Å². The highest BCUT2D eigenvalue weighted by Crippen LogP contribution is 2.39. The molecule has 168 valence electrons. The molecule has 0 saturated heterocycles. The second-order valence-electron chi connectivity index (χ2n) is 8.00. The highest BCUT2D eigenvalue weighted by atomic mass is 16.2. The predicted molar refractivity (Wildman–Crippen MR) is 124 cm³/mol. The number of anilines is 2. The first-order valence-corrected chi connectivity index (χ1v) is 10.5. The minimum absolute atomic E-state index is 0.0493. The van der Waals surface area contributed by atoms with Gasteiger partial charge in [-0.1, -0.05) is 0 Å². The molecule has 4 aromatic rings. The Labute approximate surface area is 202 Å². The number of hydrogen-bond donors (Lipinski definition) is 0. The lowest BCUT2D eigenvalue weighted by Crippen LogP contribution is -2.44. The number of carbonyl (C=O) groups is 4. The lowest BCUT2D eigenvalue weighted by Gasteiger charge is -2.31. The Morgan fingerprint density at radius 2 is 0.861 bits per heavy atom. The van der Waals surface area contributed by atoms with Crippen LogP contribution in [0.1, 0.15) is 52.6 Å². The smallest absolute Gasteiger partial charge is 0.267 e. The fourth-order valence-corrected chi connectivity index (χ4v) is 4.46. The largest absolute Gasteiger partial charge is 0.268 e. The Balaban J connectivity index is 1.52. The van der Waals surface area contributed by atoms with E-state index < -0.39 is 23.6 Å². The Hall–Kier alpha value is -5.74. The van der Waals surface area contributed by atoms with Crippen molar-refractivity contribution in [1.29, 1.82) is 10.5 Å². The van der Waals surface area contributed by atoms with Crippen LogP contribution < -0.4 is 9.80 Å². The van der Waals surface area contributed by atoms with Gasteiger partial charge in [-0.2, -0.15) is 10.5 Å². The fourth-order valence-electron chi connectivity index (χ4n) is 4.46. The molecule has 0 saturated carbocycles. The summed E-state index contributed by atoms with van der Waals surface area (Å²) in [5.74, 6) is -2.55. The van der Waals surface area contributed by atoms with E-state index in [0.717, 1.165) is 9.80 Å². The van der Waals surface area contributed by atoms with Crippen LogP contribution in [0.15, 0.2) is 60.9 Å². The molecule has 10 nitrogen and oxygen atoms in total. The summed E-state index contributed by atoms with van der Waals surface area (Å²) in [6.45, 7) is 0. The maximum Gasteiger partial charge on any atom is 0.267 e. The van der Waals surface area contributed by atoms with Crippen LogP contribution in [0, 0.1) is 22.7 Å². The van der Waals surface area contributed by atoms with Gasteiger partial charge in [-0.3, -0.25) is 19.2 Å². The first-order chi connectivity index (χ1) is 17.4. The van der Waals surface area contributed by atoms with E-state index >= 15 is 0 Å². The van der Waals surface area contributed by atoms with Crippen molar-refractivity contribution in [2.45, 2.75) is 0 Å². The SMILES string of the molecule is N#Cc1ccc(N2C(=O)c3ccc4c5c(ccc(c35)C2=O)C(=O)N(c2ccc(C#N)cn2)C4=O)nc1. The van der Waals surface area contributed by atoms with Crippen LogP contribution in [-0.2, 0) is 0 Å². The van der Waals surface area contributed by atoms with E-state index in [1.54, 1.807) is 0 Å². The van der Waals surface area contributed by atoms with Crippen LogP contribution in [-0.4, -0.2) is 33.6 Å². The van der Waals surface area contributed by atoms with Crippen molar-refractivity contribution in [3.05, 3.63) is 94.3 Å². The van der Waals surface area contributed by atoms with Gasteiger partial charge in [-0.15, -0.1) is 0 Å². The number of pyridine rings is 2. The van der Waals surface area contributed by atoms with Crippen molar-refractivity contribution in [2.24, 2.45) is 0 Å². The average molecular weight is 470 g/mol. The molecule has 0 unspecified atom stereocenters. The first-order valence-electron chi connectivity index (χ1n) is 10.5. The number of amides is 4. The van der Waals surface area contributed by atoms with Gasteiger partial charge in [0.25, 0.3) is 23.6 Å². The van der Waals surface area contributed by atoms with Crippen LogP contribution in [0.3, 0.4) is 0 Å². The van der Waals surface area contributed by atoms with Gasteiger partial charge < -0.3 is 0 Å². The zero-order valence-corrected chi connectivity index (χ0v) is 18.1. The summed E-state index contributed by atoms with van der Waals surface area (Å²) < 4.78 is 0. The summed E-state index contributed by atoms with van der Waals surface area (Å²) in [6, 6.07) is 15.3. The van der Waals surface area contributed by atoms with Gasteiger partial charge in [0.2, 0.25) is 0 Å². The van der Waals surface area contributed by atoms with Gasteiger partial charge in [0.15, 0.2) is 0 Å². The Morgan fingerprint density at radius 3 is 1.11 bits per heavy atom. The summed E-state index contributed by atoms with van der Waals surface area (Å²) in [7, 11) is 0. The third kappa shape index (κ3) is 2.70. The van der Waals surface area contributed by atoms with Crippen molar-refractivity contribution in [1.82, 2.24) is 9.97 Å². The molecule has 2 aromatic carbocycles. The number of carbonyl (C=O) groups excluding carboxylic acids is 4. The molecule has 36 heavy (non-hydrogen) atoms. The van der Waals surface area contributed by atoms with Gasteiger partial charge >= 0.3 is 0 Å². The quantitative estimate of drug-likeness (QED) is 0.406. The van der Waals surface area contributed by atoms with Crippen molar-refractivity contribution < 1.29 is 19.2 Å². The maximum absolute atomic E-state index is 13.4. The summed E-state index contributed by atoms with van der Waals surface area (Å²) in [5, 5.41) is 18.4. The fraction of sp³-hybridized carbons (Fsp3) is 0. The molecule has 4 amide bonds. The zero-order valence-electron chi connectivity index (χ0n) is 18.1.